The average molecular weight is 276 g/mol. The minimum atomic E-state index is -2.79. The van der Waals surface area contributed by atoms with Gasteiger partial charge in [-0.3, -0.25) is 4.90 Å². The zero-order valence-electron chi connectivity index (χ0n) is 11.8. The SMILES string of the molecule is CCS(=O)(=O)CCCNCC(C)N1CCCCC1. The molecule has 0 aliphatic carbocycles. The number of hydrogen-bond acceptors (Lipinski definition) is 4. The lowest BCUT2D eigenvalue weighted by molar-refractivity contribution is 0.171. The molecule has 1 aliphatic heterocycles. The van der Waals surface area contributed by atoms with Gasteiger partial charge in [-0.05, 0) is 45.8 Å². The maximum Gasteiger partial charge on any atom is 0.150 e. The third kappa shape index (κ3) is 6.16. The molecular weight excluding hydrogens is 248 g/mol. The van der Waals surface area contributed by atoms with Gasteiger partial charge < -0.3 is 5.32 Å². The van der Waals surface area contributed by atoms with Crippen LogP contribution < -0.4 is 5.32 Å². The van der Waals surface area contributed by atoms with Gasteiger partial charge in [-0.2, -0.15) is 0 Å². The highest BCUT2D eigenvalue weighted by Crippen LogP contribution is 2.11. The molecule has 0 aromatic carbocycles. The Morgan fingerprint density at radius 2 is 1.89 bits per heavy atom. The van der Waals surface area contributed by atoms with Crippen molar-refractivity contribution in [3.05, 3.63) is 0 Å². The molecule has 1 unspecified atom stereocenters. The van der Waals surface area contributed by atoms with Crippen molar-refractivity contribution in [1.29, 1.82) is 0 Å². The average Bonchev–Trinajstić information content (AvgIpc) is 2.39. The summed E-state index contributed by atoms with van der Waals surface area (Å²) in [6.45, 7) is 8.16. The minimum absolute atomic E-state index is 0.261. The Morgan fingerprint density at radius 3 is 2.50 bits per heavy atom. The molecule has 1 atom stereocenters. The van der Waals surface area contributed by atoms with E-state index in [4.69, 9.17) is 0 Å². The zero-order valence-corrected chi connectivity index (χ0v) is 12.6. The molecule has 0 aromatic rings. The summed E-state index contributed by atoms with van der Waals surface area (Å²) in [5, 5.41) is 3.37. The summed E-state index contributed by atoms with van der Waals surface area (Å²) in [6.07, 6.45) is 4.73. The van der Waals surface area contributed by atoms with Gasteiger partial charge in [0.15, 0.2) is 0 Å². The summed E-state index contributed by atoms with van der Waals surface area (Å²) in [6, 6.07) is 0.563. The highest BCUT2D eigenvalue weighted by molar-refractivity contribution is 7.91. The third-order valence-corrected chi connectivity index (χ3v) is 5.49. The summed E-state index contributed by atoms with van der Waals surface area (Å²) in [5.74, 6) is 0.575. The molecule has 5 heteroatoms. The van der Waals surface area contributed by atoms with Crippen LogP contribution in [-0.4, -0.2) is 57.0 Å². The van der Waals surface area contributed by atoms with Gasteiger partial charge in [0.1, 0.15) is 9.84 Å². The van der Waals surface area contributed by atoms with E-state index >= 15 is 0 Å². The standard InChI is InChI=1S/C13H28N2O2S/c1-3-18(16,17)11-7-8-14-12-13(2)15-9-5-4-6-10-15/h13-14H,3-12H2,1-2H3. The molecule has 0 bridgehead atoms. The summed E-state index contributed by atoms with van der Waals surface area (Å²) >= 11 is 0. The lowest BCUT2D eigenvalue weighted by atomic mass is 10.1. The summed E-state index contributed by atoms with van der Waals surface area (Å²) in [7, 11) is -2.79. The van der Waals surface area contributed by atoms with Crippen molar-refractivity contribution in [3.63, 3.8) is 0 Å². The van der Waals surface area contributed by atoms with E-state index in [0.717, 1.165) is 19.5 Å². The summed E-state index contributed by atoms with van der Waals surface area (Å²) in [5.41, 5.74) is 0. The number of nitrogens with zero attached hydrogens (tertiary/aromatic N) is 1. The first-order valence-corrected chi connectivity index (χ1v) is 9.02. The topological polar surface area (TPSA) is 49.4 Å². The largest absolute Gasteiger partial charge is 0.315 e. The van der Waals surface area contributed by atoms with Crippen molar-refractivity contribution in [3.8, 4) is 0 Å². The molecule has 0 aromatic heterocycles. The Bertz CT molecular complexity index is 311. The Kier molecular flexibility index (Phi) is 7.19. The fourth-order valence-corrected chi connectivity index (χ4v) is 3.23. The van der Waals surface area contributed by atoms with Gasteiger partial charge in [0.2, 0.25) is 0 Å². The van der Waals surface area contributed by atoms with Crippen LogP contribution >= 0.6 is 0 Å². The molecule has 0 amide bonds. The van der Waals surface area contributed by atoms with E-state index in [-0.39, 0.29) is 5.75 Å². The van der Waals surface area contributed by atoms with Crippen molar-refractivity contribution in [2.75, 3.05) is 37.7 Å². The maximum absolute atomic E-state index is 11.3. The van der Waals surface area contributed by atoms with Crippen molar-refractivity contribution >= 4 is 9.84 Å². The van der Waals surface area contributed by atoms with Crippen molar-refractivity contribution in [1.82, 2.24) is 10.2 Å². The number of sulfone groups is 1. The van der Waals surface area contributed by atoms with Crippen molar-refractivity contribution in [2.45, 2.75) is 45.6 Å². The first-order valence-electron chi connectivity index (χ1n) is 7.20. The second-order valence-electron chi connectivity index (χ2n) is 5.24. The molecule has 18 heavy (non-hydrogen) atoms. The molecule has 1 rings (SSSR count). The molecule has 108 valence electrons. The van der Waals surface area contributed by atoms with Crippen LogP contribution in [0.15, 0.2) is 0 Å². The highest BCUT2D eigenvalue weighted by atomic mass is 32.2. The van der Waals surface area contributed by atoms with Crippen LogP contribution in [0.2, 0.25) is 0 Å². The molecular formula is C13H28N2O2S. The van der Waals surface area contributed by atoms with E-state index in [0.29, 0.717) is 11.8 Å². The third-order valence-electron chi connectivity index (χ3n) is 3.70. The Hall–Kier alpha value is -0.130. The number of likely N-dealkylation sites (tertiary alicyclic amines) is 1. The van der Waals surface area contributed by atoms with Crippen LogP contribution in [-0.2, 0) is 9.84 Å². The first-order chi connectivity index (χ1) is 8.55. The van der Waals surface area contributed by atoms with Crippen LogP contribution in [0.4, 0.5) is 0 Å². The second kappa shape index (κ2) is 8.12. The number of hydrogen-bond donors (Lipinski definition) is 1. The smallest absolute Gasteiger partial charge is 0.150 e. The Morgan fingerprint density at radius 1 is 1.22 bits per heavy atom. The van der Waals surface area contributed by atoms with E-state index in [1.54, 1.807) is 6.92 Å². The van der Waals surface area contributed by atoms with Crippen molar-refractivity contribution < 1.29 is 8.42 Å². The monoisotopic (exact) mass is 276 g/mol. The number of rotatable bonds is 8. The van der Waals surface area contributed by atoms with Crippen molar-refractivity contribution in [2.24, 2.45) is 0 Å². The summed E-state index contributed by atoms with van der Waals surface area (Å²) < 4.78 is 22.6. The van der Waals surface area contributed by atoms with Gasteiger partial charge in [-0.25, -0.2) is 8.42 Å². The minimum Gasteiger partial charge on any atom is -0.315 e. The van der Waals surface area contributed by atoms with Crippen LogP contribution in [0, 0.1) is 0 Å². The Balaban J connectivity index is 2.06. The van der Waals surface area contributed by atoms with Gasteiger partial charge in [0.25, 0.3) is 0 Å². The summed E-state index contributed by atoms with van der Waals surface area (Å²) in [4.78, 5) is 2.53. The van der Waals surface area contributed by atoms with Gasteiger partial charge in [-0.15, -0.1) is 0 Å². The molecule has 1 aliphatic rings. The fraction of sp³-hybridized carbons (Fsp3) is 1.00. The quantitative estimate of drug-likeness (QED) is 0.678. The Labute approximate surface area is 112 Å². The van der Waals surface area contributed by atoms with Crippen LogP contribution in [0.3, 0.4) is 0 Å². The van der Waals surface area contributed by atoms with Gasteiger partial charge in [-0.1, -0.05) is 13.3 Å². The zero-order chi connectivity index (χ0) is 13.4. The van der Waals surface area contributed by atoms with E-state index in [2.05, 4.69) is 17.1 Å². The van der Waals surface area contributed by atoms with E-state index in [1.165, 1.54) is 32.4 Å². The van der Waals surface area contributed by atoms with E-state index in [9.17, 15) is 8.42 Å². The molecule has 1 N–H and O–H groups in total. The van der Waals surface area contributed by atoms with Gasteiger partial charge in [0.05, 0.1) is 5.75 Å². The van der Waals surface area contributed by atoms with E-state index < -0.39 is 9.84 Å². The second-order valence-corrected chi connectivity index (χ2v) is 7.71. The molecule has 1 heterocycles. The molecule has 4 nitrogen and oxygen atoms in total. The van der Waals surface area contributed by atoms with Crippen LogP contribution in [0.5, 0.6) is 0 Å². The lowest BCUT2D eigenvalue weighted by Crippen LogP contribution is -2.43. The van der Waals surface area contributed by atoms with E-state index in [1.807, 2.05) is 0 Å². The fourth-order valence-electron chi connectivity index (χ4n) is 2.36. The maximum atomic E-state index is 11.3. The first kappa shape index (κ1) is 15.9. The normalized spacial score (nSPS) is 19.9. The number of nitrogens with one attached hydrogen (secondary N) is 1. The van der Waals surface area contributed by atoms with Crippen LogP contribution in [0.1, 0.15) is 39.5 Å². The number of piperidine rings is 1. The van der Waals surface area contributed by atoms with Gasteiger partial charge in [0, 0.05) is 18.3 Å². The lowest BCUT2D eigenvalue weighted by Gasteiger charge is -2.32. The predicted molar refractivity (Wildman–Crippen MR) is 76.7 cm³/mol. The molecule has 0 spiro atoms. The molecule has 0 saturated carbocycles. The predicted octanol–water partition coefficient (Wildman–Crippen LogP) is 1.28. The van der Waals surface area contributed by atoms with Crippen LogP contribution in [0.25, 0.3) is 0 Å². The molecule has 1 saturated heterocycles. The van der Waals surface area contributed by atoms with Gasteiger partial charge >= 0.3 is 0 Å². The molecule has 0 radical (unpaired) electrons. The molecule has 1 fully saturated rings. The highest BCUT2D eigenvalue weighted by Gasteiger charge is 2.15.